The molecule has 0 fully saturated rings. The van der Waals surface area contributed by atoms with Gasteiger partial charge in [0.1, 0.15) is 0 Å². The van der Waals surface area contributed by atoms with Crippen LogP contribution in [-0.2, 0) is 15.8 Å². The van der Waals surface area contributed by atoms with Crippen LogP contribution in [0.4, 0.5) is 5.69 Å². The van der Waals surface area contributed by atoms with Gasteiger partial charge in [0.25, 0.3) is 0 Å². The SMILES string of the molecule is COc1cccc(NS(=O)(=O)Cc2ccccc2)c1OC. The van der Waals surface area contributed by atoms with Crippen molar-refractivity contribution in [1.82, 2.24) is 0 Å². The summed E-state index contributed by atoms with van der Waals surface area (Å²) in [6.45, 7) is 0. The molecule has 2 aromatic carbocycles. The van der Waals surface area contributed by atoms with Crippen LogP contribution in [-0.4, -0.2) is 22.6 Å². The summed E-state index contributed by atoms with van der Waals surface area (Å²) in [6.07, 6.45) is 0. The average molecular weight is 307 g/mol. The average Bonchev–Trinajstić information content (AvgIpc) is 2.47. The minimum absolute atomic E-state index is 0.103. The van der Waals surface area contributed by atoms with Crippen LogP contribution in [0.25, 0.3) is 0 Å². The first kappa shape index (κ1) is 15.2. The van der Waals surface area contributed by atoms with E-state index in [1.807, 2.05) is 6.07 Å². The van der Waals surface area contributed by atoms with Gasteiger partial charge in [-0.05, 0) is 17.7 Å². The zero-order valence-corrected chi connectivity index (χ0v) is 12.7. The van der Waals surface area contributed by atoms with Crippen molar-refractivity contribution < 1.29 is 17.9 Å². The van der Waals surface area contributed by atoms with Crippen molar-refractivity contribution in [3.63, 3.8) is 0 Å². The predicted octanol–water partition coefficient (Wildman–Crippen LogP) is 2.65. The number of sulfonamides is 1. The number of hydrogen-bond acceptors (Lipinski definition) is 4. The van der Waals surface area contributed by atoms with Crippen LogP contribution < -0.4 is 14.2 Å². The van der Waals surface area contributed by atoms with Crippen molar-refractivity contribution in [2.75, 3.05) is 18.9 Å². The van der Waals surface area contributed by atoms with E-state index in [0.717, 1.165) is 0 Å². The molecule has 0 radical (unpaired) electrons. The summed E-state index contributed by atoms with van der Waals surface area (Å²) in [4.78, 5) is 0. The van der Waals surface area contributed by atoms with Gasteiger partial charge >= 0.3 is 0 Å². The molecule has 0 aliphatic heterocycles. The van der Waals surface area contributed by atoms with E-state index in [1.54, 1.807) is 42.5 Å². The summed E-state index contributed by atoms with van der Waals surface area (Å²) in [5.74, 6) is 0.725. The standard InChI is InChI=1S/C15H17NO4S/c1-19-14-10-6-9-13(15(14)20-2)16-21(17,18)11-12-7-4-3-5-8-12/h3-10,16H,11H2,1-2H3. The minimum Gasteiger partial charge on any atom is -0.493 e. The second kappa shape index (κ2) is 6.49. The van der Waals surface area contributed by atoms with Crippen LogP contribution >= 0.6 is 0 Å². The number of para-hydroxylation sites is 1. The second-order valence-corrected chi connectivity index (χ2v) is 6.11. The molecule has 21 heavy (non-hydrogen) atoms. The Morgan fingerprint density at radius 1 is 0.952 bits per heavy atom. The molecule has 0 unspecified atom stereocenters. The molecule has 0 saturated carbocycles. The number of anilines is 1. The van der Waals surface area contributed by atoms with Crippen LogP contribution in [0.15, 0.2) is 48.5 Å². The summed E-state index contributed by atoms with van der Waals surface area (Å²) >= 11 is 0. The molecule has 112 valence electrons. The molecule has 2 aromatic rings. The third-order valence-corrected chi connectivity index (χ3v) is 4.11. The minimum atomic E-state index is -3.53. The normalized spacial score (nSPS) is 11.0. The lowest BCUT2D eigenvalue weighted by Crippen LogP contribution is -2.15. The largest absolute Gasteiger partial charge is 0.493 e. The number of methoxy groups -OCH3 is 2. The molecule has 0 bridgehead atoms. The van der Waals surface area contributed by atoms with E-state index in [0.29, 0.717) is 22.7 Å². The molecule has 0 atom stereocenters. The van der Waals surface area contributed by atoms with E-state index in [9.17, 15) is 8.42 Å². The molecule has 2 rings (SSSR count). The fourth-order valence-corrected chi connectivity index (χ4v) is 3.16. The summed E-state index contributed by atoms with van der Waals surface area (Å²) in [5, 5.41) is 0. The van der Waals surface area contributed by atoms with E-state index in [1.165, 1.54) is 14.2 Å². The first-order chi connectivity index (χ1) is 10.1. The van der Waals surface area contributed by atoms with E-state index in [2.05, 4.69) is 4.72 Å². The lowest BCUT2D eigenvalue weighted by molar-refractivity contribution is 0.356. The topological polar surface area (TPSA) is 64.6 Å². The van der Waals surface area contributed by atoms with Crippen molar-refractivity contribution in [2.45, 2.75) is 5.75 Å². The molecular formula is C15H17NO4S. The second-order valence-electron chi connectivity index (χ2n) is 4.39. The monoisotopic (exact) mass is 307 g/mol. The van der Waals surface area contributed by atoms with Crippen molar-refractivity contribution >= 4 is 15.7 Å². The Hall–Kier alpha value is -2.21. The fraction of sp³-hybridized carbons (Fsp3) is 0.200. The van der Waals surface area contributed by atoms with Crippen LogP contribution in [0.2, 0.25) is 0 Å². The Labute approximate surface area is 124 Å². The van der Waals surface area contributed by atoms with Crippen LogP contribution in [0.3, 0.4) is 0 Å². The van der Waals surface area contributed by atoms with Crippen LogP contribution in [0.1, 0.15) is 5.56 Å². The van der Waals surface area contributed by atoms with E-state index < -0.39 is 10.0 Å². The van der Waals surface area contributed by atoms with Crippen molar-refractivity contribution in [1.29, 1.82) is 0 Å². The molecule has 0 heterocycles. The van der Waals surface area contributed by atoms with E-state index in [4.69, 9.17) is 9.47 Å². The summed E-state index contributed by atoms with van der Waals surface area (Å²) in [6, 6.07) is 14.0. The zero-order valence-electron chi connectivity index (χ0n) is 11.9. The highest BCUT2D eigenvalue weighted by Crippen LogP contribution is 2.35. The van der Waals surface area contributed by atoms with Gasteiger partial charge in [0.2, 0.25) is 10.0 Å². The Kier molecular flexibility index (Phi) is 4.70. The fourth-order valence-electron chi connectivity index (χ4n) is 1.96. The molecule has 0 spiro atoms. The summed E-state index contributed by atoms with van der Waals surface area (Å²) in [5.41, 5.74) is 1.07. The Morgan fingerprint density at radius 3 is 2.29 bits per heavy atom. The predicted molar refractivity (Wildman–Crippen MR) is 82.2 cm³/mol. The zero-order chi connectivity index (χ0) is 15.3. The Balaban J connectivity index is 2.25. The number of hydrogen-bond donors (Lipinski definition) is 1. The molecule has 0 aliphatic carbocycles. The van der Waals surface area contributed by atoms with Gasteiger partial charge in [-0.3, -0.25) is 4.72 Å². The first-order valence-electron chi connectivity index (χ1n) is 6.31. The van der Waals surface area contributed by atoms with Crippen LogP contribution in [0.5, 0.6) is 11.5 Å². The third kappa shape index (κ3) is 3.88. The Bertz CT molecular complexity index is 699. The highest BCUT2D eigenvalue weighted by Gasteiger charge is 2.16. The number of ether oxygens (including phenoxy) is 2. The molecular weight excluding hydrogens is 290 g/mol. The van der Waals surface area contributed by atoms with Crippen molar-refractivity contribution in [2.24, 2.45) is 0 Å². The molecule has 0 aromatic heterocycles. The molecule has 5 nitrogen and oxygen atoms in total. The van der Waals surface area contributed by atoms with Crippen molar-refractivity contribution in [3.05, 3.63) is 54.1 Å². The van der Waals surface area contributed by atoms with Gasteiger partial charge < -0.3 is 9.47 Å². The molecule has 6 heteroatoms. The molecule has 0 amide bonds. The van der Waals surface area contributed by atoms with Gasteiger partial charge in [0.15, 0.2) is 11.5 Å². The van der Waals surface area contributed by atoms with Gasteiger partial charge in [-0.15, -0.1) is 0 Å². The number of nitrogens with one attached hydrogen (secondary N) is 1. The maximum atomic E-state index is 12.2. The van der Waals surface area contributed by atoms with E-state index >= 15 is 0 Å². The van der Waals surface area contributed by atoms with Crippen molar-refractivity contribution in [3.8, 4) is 11.5 Å². The Morgan fingerprint density at radius 2 is 1.67 bits per heavy atom. The van der Waals surface area contributed by atoms with Gasteiger partial charge in [-0.1, -0.05) is 36.4 Å². The summed E-state index contributed by atoms with van der Waals surface area (Å²) in [7, 11) is -0.566. The van der Waals surface area contributed by atoms with Gasteiger partial charge in [0.05, 0.1) is 25.7 Å². The lowest BCUT2D eigenvalue weighted by Gasteiger charge is -2.14. The van der Waals surface area contributed by atoms with Crippen LogP contribution in [0, 0.1) is 0 Å². The third-order valence-electron chi connectivity index (χ3n) is 2.87. The maximum absolute atomic E-state index is 12.2. The van der Waals surface area contributed by atoms with E-state index in [-0.39, 0.29) is 5.75 Å². The number of benzene rings is 2. The molecule has 0 aliphatic rings. The molecule has 1 N–H and O–H groups in total. The molecule has 0 saturated heterocycles. The highest BCUT2D eigenvalue weighted by molar-refractivity contribution is 7.91. The quantitative estimate of drug-likeness (QED) is 0.891. The first-order valence-corrected chi connectivity index (χ1v) is 7.96. The highest BCUT2D eigenvalue weighted by atomic mass is 32.2. The number of rotatable bonds is 6. The van der Waals surface area contributed by atoms with Gasteiger partial charge in [-0.25, -0.2) is 8.42 Å². The van der Waals surface area contributed by atoms with Gasteiger partial charge in [0, 0.05) is 0 Å². The van der Waals surface area contributed by atoms with Gasteiger partial charge in [-0.2, -0.15) is 0 Å². The lowest BCUT2D eigenvalue weighted by atomic mass is 10.2. The smallest absolute Gasteiger partial charge is 0.237 e. The maximum Gasteiger partial charge on any atom is 0.237 e. The summed E-state index contributed by atoms with van der Waals surface area (Å²) < 4.78 is 37.3.